The average molecular weight is 600 g/mol. The molecule has 0 spiro atoms. The number of ether oxygens (including phenoxy) is 5. The van der Waals surface area contributed by atoms with Crippen LogP contribution in [0.1, 0.15) is 74.7 Å². The Morgan fingerprint density at radius 2 is 1.79 bits per heavy atom. The minimum atomic E-state index is -1.77. The van der Waals surface area contributed by atoms with E-state index in [1.807, 2.05) is 27.7 Å². The molecule has 0 aromatic rings. The highest BCUT2D eigenvalue weighted by atomic mass is 16.7. The molecular formula is C31H53NO10. The van der Waals surface area contributed by atoms with E-state index in [2.05, 4.69) is 4.90 Å². The maximum Gasteiger partial charge on any atom is 0.316 e. The van der Waals surface area contributed by atoms with Crippen LogP contribution in [0.25, 0.3) is 0 Å². The maximum atomic E-state index is 13.8. The molecule has 0 aromatic carbocycles. The second kappa shape index (κ2) is 13.0. The number of fused-ring (bicyclic) bond motifs is 2. The van der Waals surface area contributed by atoms with Gasteiger partial charge >= 0.3 is 5.97 Å². The highest BCUT2D eigenvalue weighted by molar-refractivity contribution is 6.00. The first-order chi connectivity index (χ1) is 19.6. The fourth-order valence-electron chi connectivity index (χ4n) is 7.81. The number of carbonyl (C=O) groups is 2. The quantitative estimate of drug-likeness (QED) is 0.303. The zero-order valence-electron chi connectivity index (χ0n) is 26.5. The predicted molar refractivity (Wildman–Crippen MR) is 152 cm³/mol. The number of hydrogen-bond donors (Lipinski definition) is 3. The van der Waals surface area contributed by atoms with Crippen molar-refractivity contribution in [3.8, 4) is 0 Å². The van der Waals surface area contributed by atoms with Gasteiger partial charge in [-0.1, -0.05) is 27.7 Å². The first kappa shape index (κ1) is 33.7. The average Bonchev–Trinajstić information content (AvgIpc) is 3.28. The maximum absolute atomic E-state index is 13.8. The Morgan fingerprint density at radius 1 is 1.14 bits per heavy atom. The number of morpholine rings is 1. The van der Waals surface area contributed by atoms with Crippen LogP contribution in [0, 0.1) is 23.7 Å². The molecule has 4 aliphatic heterocycles. The Morgan fingerprint density at radius 3 is 2.40 bits per heavy atom. The first-order valence-corrected chi connectivity index (χ1v) is 15.8. The largest absolute Gasteiger partial charge is 0.458 e. The van der Waals surface area contributed by atoms with E-state index in [4.69, 9.17) is 23.7 Å². The zero-order chi connectivity index (χ0) is 31.1. The summed E-state index contributed by atoms with van der Waals surface area (Å²) in [5.74, 6) is -3.67. The van der Waals surface area contributed by atoms with E-state index in [9.17, 15) is 24.9 Å². The number of cyclic esters (lactones) is 1. The van der Waals surface area contributed by atoms with E-state index in [0.717, 1.165) is 0 Å². The third-order valence-corrected chi connectivity index (χ3v) is 10.3. The van der Waals surface area contributed by atoms with Gasteiger partial charge in [0, 0.05) is 31.0 Å². The second-order valence-electron chi connectivity index (χ2n) is 13.7. The van der Waals surface area contributed by atoms with Crippen LogP contribution in [0.15, 0.2) is 0 Å². The van der Waals surface area contributed by atoms with Crippen LogP contribution in [0.5, 0.6) is 0 Å². The number of aliphatic hydroxyl groups excluding tert-OH is 2. The van der Waals surface area contributed by atoms with Crippen LogP contribution in [0.4, 0.5) is 0 Å². The molecule has 6 unspecified atom stereocenters. The SMILES string of the molecule is CC[C@@H](O)[C@@](C)(O)[C@@H]1OC(=O)[C@H](C)C(=O)[C@H](C)[C@@H](O[C@@H]2OC(C)CC(N3CCOCC3)C2O)C2(C)CC(C)C(O2)[C@@H]1C. The highest BCUT2D eigenvalue weighted by Crippen LogP contribution is 2.47. The topological polar surface area (TPSA) is 144 Å². The van der Waals surface area contributed by atoms with Gasteiger partial charge in [-0.15, -0.1) is 0 Å². The number of ketones is 1. The van der Waals surface area contributed by atoms with Crippen LogP contribution in [-0.4, -0.2) is 118 Å². The molecule has 0 radical (unpaired) electrons. The summed E-state index contributed by atoms with van der Waals surface area (Å²) in [5.41, 5.74) is -2.74. The molecule has 4 saturated heterocycles. The van der Waals surface area contributed by atoms with E-state index in [-0.39, 0.29) is 24.5 Å². The number of carbonyl (C=O) groups excluding carboxylic acids is 2. The molecule has 14 atom stereocenters. The number of rotatable bonds is 6. The van der Waals surface area contributed by atoms with Gasteiger partial charge in [-0.25, -0.2) is 0 Å². The first-order valence-electron chi connectivity index (χ1n) is 15.8. The van der Waals surface area contributed by atoms with Crippen LogP contribution >= 0.6 is 0 Å². The van der Waals surface area contributed by atoms with Crippen LogP contribution < -0.4 is 0 Å². The monoisotopic (exact) mass is 599 g/mol. The molecule has 11 nitrogen and oxygen atoms in total. The Kier molecular flexibility index (Phi) is 10.5. The second-order valence-corrected chi connectivity index (χ2v) is 13.7. The number of aliphatic hydroxyl groups is 3. The van der Waals surface area contributed by atoms with Gasteiger partial charge in [-0.3, -0.25) is 14.5 Å². The molecule has 4 heterocycles. The number of Topliss-reactive ketones (excluding diaryl/α,β-unsaturated/α-hetero) is 1. The Labute approximate surface area is 250 Å². The lowest BCUT2D eigenvalue weighted by Gasteiger charge is -2.47. The molecule has 3 N–H and O–H groups in total. The molecule has 242 valence electrons. The summed E-state index contributed by atoms with van der Waals surface area (Å²) >= 11 is 0. The zero-order valence-corrected chi connectivity index (χ0v) is 26.5. The lowest BCUT2D eigenvalue weighted by molar-refractivity contribution is -0.298. The minimum Gasteiger partial charge on any atom is -0.458 e. The molecule has 2 bridgehead atoms. The number of hydrogen-bond acceptors (Lipinski definition) is 11. The summed E-state index contributed by atoms with van der Waals surface area (Å²) in [6.45, 7) is 16.7. The van der Waals surface area contributed by atoms with Crippen LogP contribution in [0.2, 0.25) is 0 Å². The van der Waals surface area contributed by atoms with E-state index in [1.54, 1.807) is 13.8 Å². The standard InChI is InChI=1S/C31H53NO10/c1-9-22(33)31(8,37)27-20(6)25-16(2)15-30(7,42-25)26(18(4)23(34)19(5)28(36)40-27)41-29-24(35)21(14-17(3)39-29)32-10-12-38-13-11-32/h16-22,24-27,29,33,35,37H,9-15H2,1-8H3/t16?,17?,18-,19+,20-,21?,22+,24?,25?,26+,27+,29-,30?,31+/m0/s1. The van der Waals surface area contributed by atoms with Crippen molar-refractivity contribution in [3.63, 3.8) is 0 Å². The van der Waals surface area contributed by atoms with Gasteiger partial charge in [-0.2, -0.15) is 0 Å². The van der Waals surface area contributed by atoms with Gasteiger partial charge in [0.15, 0.2) is 12.1 Å². The fourth-order valence-corrected chi connectivity index (χ4v) is 7.81. The van der Waals surface area contributed by atoms with Crippen molar-refractivity contribution in [2.45, 2.75) is 135 Å². The molecule has 4 fully saturated rings. The van der Waals surface area contributed by atoms with Gasteiger partial charge in [0.25, 0.3) is 0 Å². The third-order valence-electron chi connectivity index (χ3n) is 10.3. The fraction of sp³-hybridized carbons (Fsp3) is 0.935. The summed E-state index contributed by atoms with van der Waals surface area (Å²) in [6, 6.07) is -0.192. The van der Waals surface area contributed by atoms with Gasteiger partial charge < -0.3 is 39.0 Å². The smallest absolute Gasteiger partial charge is 0.316 e. The van der Waals surface area contributed by atoms with Crippen molar-refractivity contribution in [1.29, 1.82) is 0 Å². The number of esters is 1. The third kappa shape index (κ3) is 6.44. The summed E-state index contributed by atoms with van der Waals surface area (Å²) < 4.78 is 30.9. The summed E-state index contributed by atoms with van der Waals surface area (Å²) in [4.78, 5) is 29.4. The van der Waals surface area contributed by atoms with Gasteiger partial charge in [0.2, 0.25) is 0 Å². The summed E-state index contributed by atoms with van der Waals surface area (Å²) in [7, 11) is 0. The van der Waals surface area contributed by atoms with Crippen molar-refractivity contribution < 1.29 is 48.6 Å². The molecule has 4 rings (SSSR count). The molecule has 0 aromatic heterocycles. The van der Waals surface area contributed by atoms with Crippen LogP contribution in [-0.2, 0) is 33.3 Å². The van der Waals surface area contributed by atoms with E-state index in [1.165, 1.54) is 13.8 Å². The van der Waals surface area contributed by atoms with Crippen LogP contribution in [0.3, 0.4) is 0 Å². The lowest BCUT2D eigenvalue weighted by atomic mass is 9.76. The van der Waals surface area contributed by atoms with Crippen molar-refractivity contribution >= 4 is 11.8 Å². The van der Waals surface area contributed by atoms with Gasteiger partial charge in [0.1, 0.15) is 23.7 Å². The lowest BCUT2D eigenvalue weighted by Crippen LogP contribution is -2.60. The number of nitrogens with zero attached hydrogens (tertiary/aromatic N) is 1. The summed E-state index contributed by atoms with van der Waals surface area (Å²) in [6.07, 6.45) is -4.32. The van der Waals surface area contributed by atoms with E-state index < -0.39 is 77.5 Å². The highest BCUT2D eigenvalue weighted by Gasteiger charge is 2.58. The molecule has 11 heteroatoms. The molecule has 42 heavy (non-hydrogen) atoms. The molecule has 0 saturated carbocycles. The Balaban J connectivity index is 1.68. The van der Waals surface area contributed by atoms with Crippen molar-refractivity contribution in [2.24, 2.45) is 23.7 Å². The van der Waals surface area contributed by atoms with Crippen molar-refractivity contribution in [2.75, 3.05) is 26.3 Å². The molecule has 4 aliphatic rings. The molecular weight excluding hydrogens is 546 g/mol. The van der Waals surface area contributed by atoms with Crippen molar-refractivity contribution in [3.05, 3.63) is 0 Å². The minimum absolute atomic E-state index is 0.0526. The molecule has 0 amide bonds. The summed E-state index contributed by atoms with van der Waals surface area (Å²) in [5, 5.41) is 33.6. The Bertz CT molecular complexity index is 956. The van der Waals surface area contributed by atoms with E-state index >= 15 is 0 Å². The molecule has 0 aliphatic carbocycles. The van der Waals surface area contributed by atoms with E-state index in [0.29, 0.717) is 39.1 Å². The Hall–Kier alpha value is -1.18. The van der Waals surface area contributed by atoms with Gasteiger partial charge in [-0.05, 0) is 52.9 Å². The van der Waals surface area contributed by atoms with Crippen molar-refractivity contribution in [1.82, 2.24) is 4.90 Å². The predicted octanol–water partition coefficient (Wildman–Crippen LogP) is 1.68. The van der Waals surface area contributed by atoms with Gasteiger partial charge in [0.05, 0.1) is 43.2 Å². The normalized spacial score (nSPS) is 46.4.